The molecule has 9 atom stereocenters. The van der Waals surface area contributed by atoms with Crippen molar-refractivity contribution in [3.05, 3.63) is 12.2 Å². The standard InChI is InChI=1S/C25H42Cl3N3O6Si.C19H35Cl3N4O5Si.C19H30Cl3N3O7.C4H8O3.CH3F/c1-8-9-11-19(32)14-18(15-37-38(6,7)24(3,4)5)21(33)29-17(2)22(34)31-13-10-12-20(30-31)23(35)36-16-25(26,27)28;1-12(24-15(27)13(23)10-31-32(5,6)18(2,3)4)16(28)26-9-7-8-14(25-26)17(29)30-11-19(20,21)22;1-11(23-15(28)12(9-26)8-14(27)32-18(2,3)4)16(29)25-7-5-6-13(24-25)17(30)31-10-19(20,21)22;5-3-1-2-4(6)7;1-2/h8-9,17-18,20,30H,10-16H2,1-7H3,(H,29,33);12-14,25H,7-11,23H2,1-6H3,(H,24,27);11-13,24,26H,5-10H2,1-4H3,(H,23,28);5H,1-3H2,(H,6,7);1H3/b9-8+;;;;/t17-,18-,20-;12-,13-,14-;11-,12-,13-;;/m000../s1/i;;;;1D. The maximum Gasteiger partial charge on any atom is 0.325 e. The molecule has 3 rings (SSSR count). The molecule has 0 unspecified atom stereocenters. The van der Waals surface area contributed by atoms with E-state index in [1.807, 2.05) is 6.92 Å². The SMILES string of the molecule is C/C=C/CC(=O)C[C@@H](CO[Si](C)(C)C(C)(C)C)C(=O)N[C@@H](C)C(=O)N1CCC[C@@H](C(=O)OCC(Cl)(Cl)Cl)N1.C[C@H](NC(=O)[C@@H](N)CO[Si](C)(C)C(C)(C)C)C(=O)N1CCC[C@@H](C(=O)OCC(Cl)(Cl)Cl)N1.C[C@H](NC(=O)[C@H](CO)CC(=O)OC(C)(C)C)C(=O)N1CCC[C@@H](C(=O)OCC(Cl)(Cl)Cl)N1.O=C(O)CCCO.[2H]CF. The largest absolute Gasteiger partial charge is 0.481 e. The Morgan fingerprint density at radius 1 is 0.577 bits per heavy atom. The molecule has 11 N–H and O–H groups in total. The van der Waals surface area contributed by atoms with Crippen LogP contribution in [0.4, 0.5) is 4.39 Å². The summed E-state index contributed by atoms with van der Waals surface area (Å²) in [5, 5.41) is 37.0. The molecule has 6 amide bonds. The van der Waals surface area contributed by atoms with Crippen LogP contribution in [0.25, 0.3) is 0 Å². The molecule has 3 fully saturated rings. The summed E-state index contributed by atoms with van der Waals surface area (Å²) in [5.41, 5.74) is 13.6. The molecule has 3 heterocycles. The summed E-state index contributed by atoms with van der Waals surface area (Å²) in [6.07, 6.45) is 6.75. The van der Waals surface area contributed by atoms with E-state index in [4.69, 9.17) is 150 Å². The Morgan fingerprint density at radius 3 is 1.20 bits per heavy atom. The molecule has 0 aromatic heterocycles. The minimum Gasteiger partial charge on any atom is -0.481 e. The Bertz CT molecular complexity index is 3040. The second kappa shape index (κ2) is 51.4. The van der Waals surface area contributed by atoms with Gasteiger partial charge in [0.05, 0.1) is 40.0 Å². The first-order valence-electron chi connectivity index (χ1n) is 36.3. The molecule has 644 valence electrons. The van der Waals surface area contributed by atoms with Gasteiger partial charge in [-0.15, -0.1) is 0 Å². The van der Waals surface area contributed by atoms with Crippen molar-refractivity contribution in [2.24, 2.45) is 17.6 Å². The summed E-state index contributed by atoms with van der Waals surface area (Å²) in [4.78, 5) is 147. The highest BCUT2D eigenvalue weighted by Gasteiger charge is 2.42. The number of carbonyl (C=O) groups excluding carboxylic acids is 11. The minimum absolute atomic E-state index is 0.00475. The Labute approximate surface area is 700 Å². The monoisotopic (exact) mass is 1800 g/mol. The van der Waals surface area contributed by atoms with E-state index >= 15 is 0 Å². The lowest BCUT2D eigenvalue weighted by molar-refractivity contribution is -0.158. The number of nitrogens with one attached hydrogen (secondary N) is 6. The number of ether oxygens (including phenoxy) is 4. The van der Waals surface area contributed by atoms with Gasteiger partial charge in [0.2, 0.25) is 29.1 Å². The van der Waals surface area contributed by atoms with E-state index in [1.54, 1.807) is 46.8 Å². The van der Waals surface area contributed by atoms with E-state index in [1.165, 1.54) is 22.0 Å². The molecular weight excluding hydrogens is 1690 g/mol. The smallest absolute Gasteiger partial charge is 0.325 e. The van der Waals surface area contributed by atoms with Crippen LogP contribution in [0.5, 0.6) is 0 Å². The number of aliphatic hydroxyl groups excluding tert-OH is 2. The number of alkyl halides is 10. The van der Waals surface area contributed by atoms with Gasteiger partial charge in [-0.1, -0.05) is 158 Å². The van der Waals surface area contributed by atoms with Gasteiger partial charge in [-0.2, -0.15) is 0 Å². The summed E-state index contributed by atoms with van der Waals surface area (Å²) < 4.78 is 42.6. The topological polar surface area (TPSA) is 429 Å². The first kappa shape index (κ1) is 107. The Hall–Kier alpha value is -3.77. The molecule has 3 aliphatic heterocycles. The Balaban J connectivity index is 0. The van der Waals surface area contributed by atoms with Crippen LogP contribution < -0.4 is 38.0 Å². The molecule has 0 radical (unpaired) electrons. The van der Waals surface area contributed by atoms with Gasteiger partial charge in [0.25, 0.3) is 17.7 Å². The van der Waals surface area contributed by atoms with Crippen molar-refractivity contribution in [3.8, 4) is 0 Å². The van der Waals surface area contributed by atoms with E-state index in [9.17, 15) is 67.0 Å². The van der Waals surface area contributed by atoms with Gasteiger partial charge in [-0.25, -0.2) is 16.3 Å². The number of hydrazine groups is 3. The number of carbonyl (C=O) groups is 12. The molecule has 0 aromatic rings. The number of allylic oxidation sites excluding steroid dienone is 2. The third-order valence-electron chi connectivity index (χ3n) is 17.1. The zero-order valence-electron chi connectivity index (χ0n) is 67.3. The number of esters is 4. The van der Waals surface area contributed by atoms with Crippen molar-refractivity contribution >= 4 is 192 Å². The molecule has 0 bridgehead atoms. The highest BCUT2D eigenvalue weighted by molar-refractivity contribution is 6.74. The van der Waals surface area contributed by atoms with Crippen molar-refractivity contribution in [1.82, 2.24) is 47.3 Å². The van der Waals surface area contributed by atoms with E-state index in [-0.39, 0.29) is 61.4 Å². The van der Waals surface area contributed by atoms with Gasteiger partial charge in [-0.05, 0) is 130 Å². The number of halogens is 10. The van der Waals surface area contributed by atoms with Crippen LogP contribution in [0.3, 0.4) is 0 Å². The van der Waals surface area contributed by atoms with Gasteiger partial charge < -0.3 is 64.8 Å². The third kappa shape index (κ3) is 46.7. The fraction of sp³-hybridized carbons (Fsp3) is 0.794. The Morgan fingerprint density at radius 2 is 0.910 bits per heavy atom. The summed E-state index contributed by atoms with van der Waals surface area (Å²) in [5.74, 6) is -8.28. The zero-order valence-corrected chi connectivity index (χ0v) is 75.1. The molecule has 0 saturated carbocycles. The number of carboxylic acid groups (broad SMARTS) is 1. The summed E-state index contributed by atoms with van der Waals surface area (Å²) in [6.45, 7) is 31.6. The Kier molecular flexibility index (Phi) is 49.7. The molecule has 3 aliphatic rings. The zero-order chi connectivity index (χ0) is 87.3. The fourth-order valence-corrected chi connectivity index (χ4v) is 11.6. The first-order valence-corrected chi connectivity index (χ1v) is 44.9. The molecule has 31 nitrogen and oxygen atoms in total. The van der Waals surface area contributed by atoms with E-state index in [2.05, 4.69) is 100.0 Å². The normalized spacial score (nSPS) is 18.3. The maximum atomic E-state index is 13.2. The quantitative estimate of drug-likeness (QED) is 0.0102. The highest BCUT2D eigenvalue weighted by atomic mass is 35.6. The van der Waals surface area contributed by atoms with Crippen LogP contribution in [-0.2, 0) is 85.3 Å². The van der Waals surface area contributed by atoms with E-state index in [0.717, 1.165) is 0 Å². The number of aliphatic carboxylic acids is 1. The van der Waals surface area contributed by atoms with Crippen molar-refractivity contribution in [2.45, 2.75) is 256 Å². The van der Waals surface area contributed by atoms with Gasteiger partial charge in [-0.3, -0.25) is 77.0 Å². The highest BCUT2D eigenvalue weighted by Crippen LogP contribution is 2.38. The van der Waals surface area contributed by atoms with Crippen LogP contribution >= 0.6 is 104 Å². The van der Waals surface area contributed by atoms with Crippen molar-refractivity contribution in [3.63, 3.8) is 0 Å². The number of Topliss-reactive ketones (excluding diaryl/α,β-unsaturated/α-hetero) is 1. The van der Waals surface area contributed by atoms with Crippen LogP contribution in [0, 0.1) is 11.8 Å². The number of hydrogen-bond acceptors (Lipinski definition) is 24. The number of hydrogen-bond donors (Lipinski definition) is 10. The minimum atomic E-state index is -2.17. The maximum absolute atomic E-state index is 13.2. The summed E-state index contributed by atoms with van der Waals surface area (Å²) in [6, 6.07) is -6.03. The molecule has 43 heteroatoms. The van der Waals surface area contributed by atoms with E-state index < -0.39 is 187 Å². The number of carboxylic acids is 1. The number of nitrogens with zero attached hydrogens (tertiary/aromatic N) is 3. The number of ketones is 1. The van der Waals surface area contributed by atoms with Gasteiger partial charge in [0, 0.05) is 52.1 Å². The second-order valence-corrected chi connectivity index (χ2v) is 47.3. The summed E-state index contributed by atoms with van der Waals surface area (Å²) >= 11 is 50.4. The van der Waals surface area contributed by atoms with Gasteiger partial charge in [0.15, 0.2) is 16.6 Å². The predicted octanol–water partition coefficient (Wildman–Crippen LogP) is 8.38. The van der Waals surface area contributed by atoms with Crippen LogP contribution in [0.15, 0.2) is 12.2 Å². The van der Waals surface area contributed by atoms with E-state index in [0.29, 0.717) is 64.6 Å². The predicted molar refractivity (Wildman–Crippen MR) is 429 cm³/mol. The number of rotatable bonds is 31. The lowest BCUT2D eigenvalue weighted by Gasteiger charge is -2.37. The third-order valence-corrected chi connectivity index (χ3v) is 27.1. The number of aliphatic hydroxyl groups is 2. The average Bonchev–Trinajstić information content (AvgIpc) is 1.28. The van der Waals surface area contributed by atoms with Crippen molar-refractivity contribution in [2.75, 3.05) is 73.0 Å². The first-order chi connectivity index (χ1) is 51.1. The lowest BCUT2D eigenvalue weighted by atomic mass is 10.00. The fourth-order valence-electron chi connectivity index (χ4n) is 8.98. The molecular formula is C68H118Cl9FN10O21Si2. The molecule has 0 aromatic carbocycles. The molecule has 0 aliphatic carbocycles. The van der Waals surface area contributed by atoms with Gasteiger partial charge >= 0.3 is 29.8 Å². The molecule has 3 saturated heterocycles. The molecule has 111 heavy (non-hydrogen) atoms. The van der Waals surface area contributed by atoms with Crippen LogP contribution in [0.2, 0.25) is 36.3 Å². The average molecular weight is 1810 g/mol. The summed E-state index contributed by atoms with van der Waals surface area (Å²) in [7, 11) is -5.23. The van der Waals surface area contributed by atoms with Crippen molar-refractivity contribution < 1.29 is 106 Å². The van der Waals surface area contributed by atoms with Crippen molar-refractivity contribution in [1.29, 1.82) is 0 Å². The van der Waals surface area contributed by atoms with Gasteiger partial charge in [0.1, 0.15) is 73.5 Å². The number of amides is 6. The lowest BCUT2D eigenvalue weighted by Crippen LogP contribution is -2.60. The second-order valence-electron chi connectivity index (χ2n) is 30.2. The number of nitrogens with two attached hydrogens (primary N) is 1. The molecule has 0 spiro atoms. The van der Waals surface area contributed by atoms with Crippen LogP contribution in [-0.4, -0.2) is 250 Å². The van der Waals surface area contributed by atoms with Crippen LogP contribution in [0.1, 0.15) is 162 Å².